The zero-order chi connectivity index (χ0) is 11.1. The van der Waals surface area contributed by atoms with Crippen molar-refractivity contribution in [1.29, 1.82) is 0 Å². The SMILES string of the molecule is O=C1C2=CC(Cl)C=CC2=Nc2ccccc21. The topological polar surface area (TPSA) is 29.4 Å². The minimum Gasteiger partial charge on any atom is -0.288 e. The van der Waals surface area contributed by atoms with E-state index in [9.17, 15) is 4.79 Å². The van der Waals surface area contributed by atoms with Gasteiger partial charge in [-0.15, -0.1) is 11.6 Å². The van der Waals surface area contributed by atoms with Crippen molar-refractivity contribution in [3.05, 3.63) is 53.6 Å². The van der Waals surface area contributed by atoms with Crippen LogP contribution in [-0.2, 0) is 0 Å². The number of nitrogens with zero attached hydrogens (tertiary/aromatic N) is 1. The Morgan fingerprint density at radius 3 is 2.94 bits per heavy atom. The highest BCUT2D eigenvalue weighted by molar-refractivity contribution is 6.37. The number of halogens is 1. The van der Waals surface area contributed by atoms with Gasteiger partial charge < -0.3 is 0 Å². The average Bonchev–Trinajstić information content (AvgIpc) is 2.31. The highest BCUT2D eigenvalue weighted by atomic mass is 35.5. The van der Waals surface area contributed by atoms with Crippen LogP contribution in [0.25, 0.3) is 0 Å². The third kappa shape index (κ3) is 1.34. The van der Waals surface area contributed by atoms with E-state index in [2.05, 4.69) is 4.99 Å². The van der Waals surface area contributed by atoms with Crippen molar-refractivity contribution >= 4 is 28.8 Å². The van der Waals surface area contributed by atoms with Crippen molar-refractivity contribution in [2.75, 3.05) is 0 Å². The molecule has 0 aromatic heterocycles. The Bertz CT molecular complexity index is 569. The first kappa shape index (κ1) is 9.55. The quantitative estimate of drug-likeness (QED) is 0.629. The van der Waals surface area contributed by atoms with Gasteiger partial charge in [0.1, 0.15) is 0 Å². The maximum absolute atomic E-state index is 12.2. The van der Waals surface area contributed by atoms with Crippen molar-refractivity contribution in [2.24, 2.45) is 4.99 Å². The fraction of sp³-hybridized carbons (Fsp3) is 0.0769. The van der Waals surface area contributed by atoms with Crippen molar-refractivity contribution in [2.45, 2.75) is 5.38 Å². The summed E-state index contributed by atoms with van der Waals surface area (Å²) in [6, 6.07) is 7.36. The van der Waals surface area contributed by atoms with E-state index in [0.717, 1.165) is 5.69 Å². The molecule has 1 heterocycles. The number of carbonyl (C=O) groups is 1. The molecule has 1 aliphatic heterocycles. The number of fused-ring (bicyclic) bond motifs is 2. The number of alkyl halides is 1. The number of hydrogen-bond donors (Lipinski definition) is 0. The van der Waals surface area contributed by atoms with Gasteiger partial charge in [-0.2, -0.15) is 0 Å². The monoisotopic (exact) mass is 229 g/mol. The van der Waals surface area contributed by atoms with Gasteiger partial charge in [-0.3, -0.25) is 4.79 Å². The van der Waals surface area contributed by atoms with E-state index >= 15 is 0 Å². The van der Waals surface area contributed by atoms with Crippen LogP contribution in [0.3, 0.4) is 0 Å². The van der Waals surface area contributed by atoms with Crippen LogP contribution in [0.15, 0.2) is 53.1 Å². The second-order valence-corrected chi connectivity index (χ2v) is 4.23. The summed E-state index contributed by atoms with van der Waals surface area (Å²) in [4.78, 5) is 16.6. The predicted molar refractivity (Wildman–Crippen MR) is 64.7 cm³/mol. The normalized spacial score (nSPS) is 22.1. The van der Waals surface area contributed by atoms with Crippen LogP contribution in [0.1, 0.15) is 10.4 Å². The van der Waals surface area contributed by atoms with Gasteiger partial charge in [-0.05, 0) is 24.3 Å². The van der Waals surface area contributed by atoms with E-state index in [4.69, 9.17) is 11.6 Å². The van der Waals surface area contributed by atoms with Gasteiger partial charge in [0.25, 0.3) is 0 Å². The molecule has 2 nitrogen and oxygen atoms in total. The molecule has 1 aliphatic carbocycles. The van der Waals surface area contributed by atoms with E-state index in [1.807, 2.05) is 24.3 Å². The zero-order valence-electron chi connectivity index (χ0n) is 8.35. The molecule has 0 spiro atoms. The molecule has 2 aliphatic rings. The summed E-state index contributed by atoms with van der Waals surface area (Å²) in [6.07, 6.45) is 5.38. The van der Waals surface area contributed by atoms with Gasteiger partial charge in [-0.25, -0.2) is 4.99 Å². The van der Waals surface area contributed by atoms with Crippen LogP contribution in [0.4, 0.5) is 5.69 Å². The van der Waals surface area contributed by atoms with Crippen LogP contribution in [0, 0.1) is 0 Å². The molecule has 78 valence electrons. The summed E-state index contributed by atoms with van der Waals surface area (Å²) in [5.41, 5.74) is 2.70. The fourth-order valence-corrected chi connectivity index (χ4v) is 2.10. The number of carbonyl (C=O) groups excluding carboxylic acids is 1. The average molecular weight is 230 g/mol. The first-order valence-electron chi connectivity index (χ1n) is 5.02. The van der Waals surface area contributed by atoms with Crippen LogP contribution in [0.2, 0.25) is 0 Å². The van der Waals surface area contributed by atoms with Gasteiger partial charge in [-0.1, -0.05) is 18.2 Å². The van der Waals surface area contributed by atoms with Crippen LogP contribution in [-0.4, -0.2) is 16.9 Å². The molecule has 1 unspecified atom stereocenters. The number of aliphatic imine (C=N–C) groups is 1. The molecule has 0 N–H and O–H groups in total. The Morgan fingerprint density at radius 1 is 1.25 bits per heavy atom. The smallest absolute Gasteiger partial charge is 0.197 e. The number of rotatable bonds is 0. The minimum absolute atomic E-state index is 0.00981. The zero-order valence-corrected chi connectivity index (χ0v) is 9.11. The molecule has 0 radical (unpaired) electrons. The lowest BCUT2D eigenvalue weighted by atomic mass is 9.91. The van der Waals surface area contributed by atoms with Gasteiger partial charge in [0, 0.05) is 11.1 Å². The van der Waals surface area contributed by atoms with Crippen molar-refractivity contribution in [1.82, 2.24) is 0 Å². The second kappa shape index (κ2) is 3.42. The molecule has 0 saturated heterocycles. The first-order valence-corrected chi connectivity index (χ1v) is 5.46. The fourth-order valence-electron chi connectivity index (χ4n) is 1.90. The number of hydrogen-bond acceptors (Lipinski definition) is 2. The standard InChI is InChI=1S/C13H8ClNO/c14-8-5-6-12-10(7-8)13(16)9-3-1-2-4-11(9)15-12/h1-8H. The van der Waals surface area contributed by atoms with Crippen molar-refractivity contribution in [3.63, 3.8) is 0 Å². The molecule has 0 bridgehead atoms. The summed E-state index contributed by atoms with van der Waals surface area (Å²) in [6.45, 7) is 0. The predicted octanol–water partition coefficient (Wildman–Crippen LogP) is 3.06. The van der Waals surface area contributed by atoms with E-state index in [-0.39, 0.29) is 11.2 Å². The van der Waals surface area contributed by atoms with E-state index in [1.54, 1.807) is 18.2 Å². The number of benzene rings is 1. The Balaban J connectivity index is 2.23. The molecular formula is C13H8ClNO. The lowest BCUT2D eigenvalue weighted by Crippen LogP contribution is -2.20. The molecule has 0 saturated carbocycles. The van der Waals surface area contributed by atoms with E-state index < -0.39 is 0 Å². The van der Waals surface area contributed by atoms with Crippen LogP contribution < -0.4 is 0 Å². The van der Waals surface area contributed by atoms with Gasteiger partial charge in [0.2, 0.25) is 0 Å². The highest BCUT2D eigenvalue weighted by Gasteiger charge is 2.26. The number of para-hydroxylation sites is 1. The summed E-state index contributed by atoms with van der Waals surface area (Å²) >= 11 is 5.96. The number of Topliss-reactive ketones (excluding diaryl/α,β-unsaturated/α-hetero) is 1. The number of allylic oxidation sites excluding steroid dienone is 4. The molecule has 0 fully saturated rings. The Hall–Kier alpha value is -1.67. The van der Waals surface area contributed by atoms with Gasteiger partial charge in [0.15, 0.2) is 5.78 Å². The number of ketones is 1. The molecule has 3 rings (SSSR count). The highest BCUT2D eigenvalue weighted by Crippen LogP contribution is 2.30. The van der Waals surface area contributed by atoms with Gasteiger partial charge >= 0.3 is 0 Å². The van der Waals surface area contributed by atoms with Crippen LogP contribution >= 0.6 is 11.6 Å². The molecule has 3 heteroatoms. The summed E-state index contributed by atoms with van der Waals surface area (Å²) < 4.78 is 0. The third-order valence-electron chi connectivity index (χ3n) is 2.67. The molecule has 0 amide bonds. The Morgan fingerprint density at radius 2 is 2.06 bits per heavy atom. The second-order valence-electron chi connectivity index (χ2n) is 3.73. The maximum Gasteiger partial charge on any atom is 0.197 e. The van der Waals surface area contributed by atoms with Crippen LogP contribution in [0.5, 0.6) is 0 Å². The Labute approximate surface area is 98.0 Å². The summed E-state index contributed by atoms with van der Waals surface area (Å²) in [7, 11) is 0. The van der Waals surface area contributed by atoms with Crippen molar-refractivity contribution in [3.8, 4) is 0 Å². The summed E-state index contributed by atoms with van der Waals surface area (Å²) in [5.74, 6) is 0.00981. The van der Waals surface area contributed by atoms with E-state index in [1.165, 1.54) is 0 Å². The molecule has 16 heavy (non-hydrogen) atoms. The first-order chi connectivity index (χ1) is 7.75. The molecular weight excluding hydrogens is 222 g/mol. The van der Waals surface area contributed by atoms with E-state index in [0.29, 0.717) is 16.8 Å². The van der Waals surface area contributed by atoms with Gasteiger partial charge in [0.05, 0.1) is 16.8 Å². The maximum atomic E-state index is 12.2. The Kier molecular flexibility index (Phi) is 2.04. The lowest BCUT2D eigenvalue weighted by Gasteiger charge is -2.18. The molecule has 1 aromatic rings. The summed E-state index contributed by atoms with van der Waals surface area (Å²) in [5, 5.41) is -0.219. The molecule has 1 aromatic carbocycles. The third-order valence-corrected chi connectivity index (χ3v) is 2.95. The minimum atomic E-state index is -0.219. The van der Waals surface area contributed by atoms with Crippen molar-refractivity contribution < 1.29 is 4.79 Å². The lowest BCUT2D eigenvalue weighted by molar-refractivity contribution is 0.104. The molecule has 1 atom stereocenters. The largest absolute Gasteiger partial charge is 0.288 e.